The van der Waals surface area contributed by atoms with Crippen LogP contribution < -0.4 is 0 Å². The number of nitrogens with zero attached hydrogens (tertiary/aromatic N) is 4. The van der Waals surface area contributed by atoms with Crippen LogP contribution in [0, 0.1) is 0 Å². The minimum absolute atomic E-state index is 0.602. The Morgan fingerprint density at radius 1 is 0.269 bits per heavy atom. The first-order valence-electron chi connectivity index (χ1n) is 17.5. The van der Waals surface area contributed by atoms with Crippen molar-refractivity contribution in [3.8, 4) is 56.5 Å². The van der Waals surface area contributed by atoms with E-state index >= 15 is 0 Å². The fourth-order valence-electron chi connectivity index (χ4n) is 7.42. The molecule has 52 heavy (non-hydrogen) atoms. The van der Waals surface area contributed by atoms with Gasteiger partial charge in [-0.3, -0.25) is 0 Å². The zero-order valence-corrected chi connectivity index (χ0v) is 28.1. The zero-order chi connectivity index (χ0) is 34.4. The lowest BCUT2D eigenvalue weighted by Gasteiger charge is -2.16. The molecule has 0 spiro atoms. The summed E-state index contributed by atoms with van der Waals surface area (Å²) in [6, 6.07) is 63.5. The van der Waals surface area contributed by atoms with Crippen molar-refractivity contribution in [3.05, 3.63) is 182 Å². The van der Waals surface area contributed by atoms with Crippen LogP contribution in [0.1, 0.15) is 0 Å². The van der Waals surface area contributed by atoms with Gasteiger partial charge < -0.3 is 0 Å². The highest BCUT2D eigenvalue weighted by Gasteiger charge is 2.19. The molecule has 2 aromatic heterocycles. The SMILES string of the molecule is c1ccc(-c2nc(-c3ccccc3)nc(-c3cc(-c4c5ccccc5cc5ccccc45)cc(-c4nc5ccccc5c5ccccc45)c3)n2)cc1. The third kappa shape index (κ3) is 5.17. The van der Waals surface area contributed by atoms with Gasteiger partial charge in [-0.05, 0) is 68.4 Å². The van der Waals surface area contributed by atoms with E-state index in [1.54, 1.807) is 0 Å². The largest absolute Gasteiger partial charge is 0.247 e. The molecule has 0 bridgehead atoms. The van der Waals surface area contributed by atoms with Crippen LogP contribution in [0.3, 0.4) is 0 Å². The van der Waals surface area contributed by atoms with Gasteiger partial charge in [0.1, 0.15) is 0 Å². The van der Waals surface area contributed by atoms with Gasteiger partial charge in [-0.15, -0.1) is 0 Å². The molecule has 0 amide bonds. The number of rotatable bonds is 5. The van der Waals surface area contributed by atoms with Gasteiger partial charge in [0, 0.05) is 33.0 Å². The van der Waals surface area contributed by atoms with Gasteiger partial charge in [-0.2, -0.15) is 0 Å². The predicted octanol–water partition coefficient (Wildman–Crippen LogP) is 12.2. The molecule has 4 nitrogen and oxygen atoms in total. The van der Waals surface area contributed by atoms with Crippen molar-refractivity contribution in [1.82, 2.24) is 19.9 Å². The molecule has 0 N–H and O–H groups in total. The number of benzene rings is 8. The van der Waals surface area contributed by atoms with E-state index in [1.807, 2.05) is 60.7 Å². The second-order valence-electron chi connectivity index (χ2n) is 13.1. The Morgan fingerprint density at radius 3 is 1.33 bits per heavy atom. The van der Waals surface area contributed by atoms with E-state index in [2.05, 4.69) is 121 Å². The summed E-state index contributed by atoms with van der Waals surface area (Å²) in [6.07, 6.45) is 0. The number of para-hydroxylation sites is 1. The molecule has 10 aromatic rings. The van der Waals surface area contributed by atoms with E-state index < -0.39 is 0 Å². The van der Waals surface area contributed by atoms with Crippen LogP contribution in [0.5, 0.6) is 0 Å². The average molecular weight is 663 g/mol. The van der Waals surface area contributed by atoms with Crippen molar-refractivity contribution < 1.29 is 0 Å². The molecule has 8 aromatic carbocycles. The Bertz CT molecular complexity index is 2840. The normalized spacial score (nSPS) is 11.5. The third-order valence-corrected chi connectivity index (χ3v) is 9.83. The first kappa shape index (κ1) is 29.8. The zero-order valence-electron chi connectivity index (χ0n) is 28.1. The van der Waals surface area contributed by atoms with Crippen molar-refractivity contribution >= 4 is 43.2 Å². The summed E-state index contributed by atoms with van der Waals surface area (Å²) in [6.45, 7) is 0. The minimum Gasteiger partial charge on any atom is -0.247 e. The number of pyridine rings is 1. The highest BCUT2D eigenvalue weighted by atomic mass is 15.0. The Balaban J connectivity index is 1.31. The summed E-state index contributed by atoms with van der Waals surface area (Å²) in [5.74, 6) is 1.85. The van der Waals surface area contributed by atoms with E-state index in [4.69, 9.17) is 19.9 Å². The van der Waals surface area contributed by atoms with Gasteiger partial charge in [0.25, 0.3) is 0 Å². The highest BCUT2D eigenvalue weighted by Crippen LogP contribution is 2.41. The van der Waals surface area contributed by atoms with Gasteiger partial charge in [0.15, 0.2) is 17.5 Å². The second-order valence-corrected chi connectivity index (χ2v) is 13.1. The first-order chi connectivity index (χ1) is 25.8. The fraction of sp³-hybridized carbons (Fsp3) is 0. The lowest BCUT2D eigenvalue weighted by molar-refractivity contribution is 1.07. The van der Waals surface area contributed by atoms with E-state index in [1.165, 1.54) is 32.5 Å². The molecule has 0 atom stereocenters. The molecule has 0 unspecified atom stereocenters. The topological polar surface area (TPSA) is 51.6 Å². The number of hydrogen-bond acceptors (Lipinski definition) is 4. The Morgan fingerprint density at radius 2 is 0.712 bits per heavy atom. The van der Waals surface area contributed by atoms with Crippen LogP contribution in [-0.4, -0.2) is 19.9 Å². The Labute approximate surface area is 300 Å². The molecule has 0 radical (unpaired) electrons. The standard InChI is InChI=1S/C48H30N4/c1-3-15-31(16-4-1)46-50-47(32-17-5-2-6-18-32)52-48(51-46)37-29-35(44-38-21-9-7-19-33(38)27-34-20-8-10-22-39(34)44)28-36(30-37)45-42-25-12-11-23-40(42)41-24-13-14-26-43(41)49-45/h1-30H. The summed E-state index contributed by atoms with van der Waals surface area (Å²) in [4.78, 5) is 20.7. The maximum absolute atomic E-state index is 5.34. The van der Waals surface area contributed by atoms with Gasteiger partial charge in [-0.25, -0.2) is 19.9 Å². The second kappa shape index (κ2) is 12.4. The minimum atomic E-state index is 0.602. The molecule has 242 valence electrons. The molecule has 0 aliphatic heterocycles. The summed E-state index contributed by atoms with van der Waals surface area (Å²) < 4.78 is 0. The maximum Gasteiger partial charge on any atom is 0.164 e. The lowest BCUT2D eigenvalue weighted by Crippen LogP contribution is -2.01. The maximum atomic E-state index is 5.34. The van der Waals surface area contributed by atoms with E-state index in [0.29, 0.717) is 17.5 Å². The molecule has 10 rings (SSSR count). The molecular formula is C48H30N4. The summed E-state index contributed by atoms with van der Waals surface area (Å²) >= 11 is 0. The Kier molecular flexibility index (Phi) is 7.10. The van der Waals surface area contributed by atoms with Crippen LogP contribution in [0.15, 0.2) is 182 Å². The molecule has 0 saturated heterocycles. The monoisotopic (exact) mass is 662 g/mol. The number of fused-ring (bicyclic) bond motifs is 5. The van der Waals surface area contributed by atoms with E-state index in [0.717, 1.165) is 49.8 Å². The van der Waals surface area contributed by atoms with E-state index in [-0.39, 0.29) is 0 Å². The third-order valence-electron chi connectivity index (χ3n) is 9.83. The molecule has 0 saturated carbocycles. The molecule has 4 heteroatoms. The van der Waals surface area contributed by atoms with Crippen molar-refractivity contribution in [2.24, 2.45) is 0 Å². The van der Waals surface area contributed by atoms with Crippen molar-refractivity contribution in [3.63, 3.8) is 0 Å². The van der Waals surface area contributed by atoms with Gasteiger partial charge in [0.05, 0.1) is 11.2 Å². The highest BCUT2D eigenvalue weighted by molar-refractivity contribution is 6.14. The smallest absolute Gasteiger partial charge is 0.164 e. The summed E-state index contributed by atoms with van der Waals surface area (Å²) in [7, 11) is 0. The van der Waals surface area contributed by atoms with Crippen LogP contribution in [-0.2, 0) is 0 Å². The fourth-order valence-corrected chi connectivity index (χ4v) is 7.42. The molecule has 0 aliphatic rings. The number of aromatic nitrogens is 4. The molecule has 0 fully saturated rings. The van der Waals surface area contributed by atoms with Gasteiger partial charge >= 0.3 is 0 Å². The van der Waals surface area contributed by atoms with E-state index in [9.17, 15) is 0 Å². The summed E-state index contributed by atoms with van der Waals surface area (Å²) in [5.41, 5.74) is 7.86. The van der Waals surface area contributed by atoms with Crippen LogP contribution in [0.25, 0.3) is 99.8 Å². The average Bonchev–Trinajstić information content (AvgIpc) is 3.22. The van der Waals surface area contributed by atoms with Crippen molar-refractivity contribution in [2.75, 3.05) is 0 Å². The first-order valence-corrected chi connectivity index (χ1v) is 17.5. The predicted molar refractivity (Wildman–Crippen MR) is 215 cm³/mol. The van der Waals surface area contributed by atoms with Crippen molar-refractivity contribution in [1.29, 1.82) is 0 Å². The summed E-state index contributed by atoms with van der Waals surface area (Å²) in [5, 5.41) is 8.15. The van der Waals surface area contributed by atoms with Crippen molar-refractivity contribution in [2.45, 2.75) is 0 Å². The van der Waals surface area contributed by atoms with Crippen LogP contribution in [0.2, 0.25) is 0 Å². The van der Waals surface area contributed by atoms with Gasteiger partial charge in [-0.1, -0.05) is 152 Å². The van der Waals surface area contributed by atoms with Gasteiger partial charge in [0.2, 0.25) is 0 Å². The molecule has 2 heterocycles. The Hall–Kier alpha value is -7.04. The quantitative estimate of drug-likeness (QED) is 0.136. The lowest BCUT2D eigenvalue weighted by atomic mass is 9.89. The van der Waals surface area contributed by atoms with Crippen LogP contribution >= 0.6 is 0 Å². The van der Waals surface area contributed by atoms with Crippen LogP contribution in [0.4, 0.5) is 0 Å². The number of hydrogen-bond donors (Lipinski definition) is 0. The molecule has 0 aliphatic carbocycles. The molecular weight excluding hydrogens is 633 g/mol.